The van der Waals surface area contributed by atoms with Crippen LogP contribution in [0.15, 0.2) is 51.4 Å². The minimum atomic E-state index is -0.635. The van der Waals surface area contributed by atoms with Gasteiger partial charge in [0.2, 0.25) is 0 Å². The van der Waals surface area contributed by atoms with E-state index in [4.69, 9.17) is 9.47 Å². The molecule has 0 spiro atoms. The van der Waals surface area contributed by atoms with E-state index >= 15 is 0 Å². The molecule has 0 bridgehead atoms. The number of anilines is 1. The van der Waals surface area contributed by atoms with Gasteiger partial charge in [-0.1, -0.05) is 22.0 Å². The van der Waals surface area contributed by atoms with E-state index in [-0.39, 0.29) is 5.91 Å². The van der Waals surface area contributed by atoms with Crippen LogP contribution < -0.4 is 14.8 Å². The molecular weight excluding hydrogens is 414 g/mol. The van der Waals surface area contributed by atoms with E-state index in [1.165, 1.54) is 0 Å². The summed E-state index contributed by atoms with van der Waals surface area (Å²) in [4.78, 5) is 12.2. The monoisotopic (exact) mass is 427 g/mol. The van der Waals surface area contributed by atoms with Crippen LogP contribution in [0.4, 0.5) is 5.69 Å². The maximum atomic E-state index is 12.2. The number of ether oxygens (including phenoxy) is 2. The summed E-state index contributed by atoms with van der Waals surface area (Å²) in [7, 11) is 1.58. The molecule has 0 aliphatic carbocycles. The third-order valence-corrected chi connectivity index (χ3v) is 4.02. The Morgan fingerprint density at radius 3 is 2.64 bits per heavy atom. The predicted octanol–water partition coefficient (Wildman–Crippen LogP) is 4.63. The third-order valence-electron chi connectivity index (χ3n) is 2.90. The number of halogens is 2. The minimum absolute atomic E-state index is 0.233. The van der Waals surface area contributed by atoms with Gasteiger partial charge in [-0.25, -0.2) is 0 Å². The zero-order valence-corrected chi connectivity index (χ0v) is 15.3. The topological polar surface area (TPSA) is 47.6 Å². The molecule has 0 fully saturated rings. The van der Waals surface area contributed by atoms with E-state index in [1.54, 1.807) is 32.2 Å². The van der Waals surface area contributed by atoms with Crippen molar-refractivity contribution in [3.63, 3.8) is 0 Å². The molecule has 2 aromatic carbocycles. The van der Waals surface area contributed by atoms with Crippen molar-refractivity contribution < 1.29 is 14.3 Å². The molecule has 0 aromatic heterocycles. The molecular formula is C16H15Br2NO3. The van der Waals surface area contributed by atoms with Crippen LogP contribution in [0.3, 0.4) is 0 Å². The summed E-state index contributed by atoms with van der Waals surface area (Å²) < 4.78 is 12.5. The summed E-state index contributed by atoms with van der Waals surface area (Å²) in [5.41, 5.74) is 0.662. The van der Waals surface area contributed by atoms with E-state index in [1.807, 2.05) is 24.3 Å². The molecule has 0 radical (unpaired) electrons. The van der Waals surface area contributed by atoms with Crippen molar-refractivity contribution in [2.45, 2.75) is 13.0 Å². The van der Waals surface area contributed by atoms with Crippen LogP contribution >= 0.6 is 31.9 Å². The molecule has 0 unspecified atom stereocenters. The van der Waals surface area contributed by atoms with Gasteiger partial charge in [0.15, 0.2) is 6.10 Å². The fourth-order valence-corrected chi connectivity index (χ4v) is 2.90. The molecule has 2 rings (SSSR count). The van der Waals surface area contributed by atoms with Gasteiger partial charge in [-0.15, -0.1) is 0 Å². The SMILES string of the molecule is COc1cccc(NC(=O)[C@H](C)Oc2ccc(Br)cc2Br)c1. The number of carbonyl (C=O) groups is 1. The first-order chi connectivity index (χ1) is 10.5. The van der Waals surface area contributed by atoms with E-state index < -0.39 is 6.10 Å². The summed E-state index contributed by atoms with van der Waals surface area (Å²) in [6, 6.07) is 12.7. The van der Waals surface area contributed by atoms with Gasteiger partial charge in [-0.2, -0.15) is 0 Å². The number of nitrogens with one attached hydrogen (secondary N) is 1. The Morgan fingerprint density at radius 2 is 1.95 bits per heavy atom. The Labute approximate surface area is 146 Å². The summed E-state index contributed by atoms with van der Waals surface area (Å²) in [5, 5.41) is 2.80. The summed E-state index contributed by atoms with van der Waals surface area (Å²) in [5.74, 6) is 1.06. The normalized spacial score (nSPS) is 11.6. The average Bonchev–Trinajstić information content (AvgIpc) is 2.50. The first-order valence-corrected chi connectivity index (χ1v) is 8.15. The van der Waals surface area contributed by atoms with Crippen LogP contribution in [0.1, 0.15) is 6.92 Å². The summed E-state index contributed by atoms with van der Waals surface area (Å²) in [6.45, 7) is 1.70. The lowest BCUT2D eigenvalue weighted by Crippen LogP contribution is -2.30. The van der Waals surface area contributed by atoms with Crippen LogP contribution in [0.2, 0.25) is 0 Å². The average molecular weight is 429 g/mol. The Morgan fingerprint density at radius 1 is 1.18 bits per heavy atom. The van der Waals surface area contributed by atoms with Gasteiger partial charge < -0.3 is 14.8 Å². The largest absolute Gasteiger partial charge is 0.497 e. The maximum Gasteiger partial charge on any atom is 0.265 e. The molecule has 4 nitrogen and oxygen atoms in total. The highest BCUT2D eigenvalue weighted by molar-refractivity contribution is 9.11. The van der Waals surface area contributed by atoms with Gasteiger partial charge in [0.1, 0.15) is 11.5 Å². The first-order valence-electron chi connectivity index (χ1n) is 6.56. The van der Waals surface area contributed by atoms with Gasteiger partial charge in [0.05, 0.1) is 11.6 Å². The van der Waals surface area contributed by atoms with Crippen LogP contribution in [0, 0.1) is 0 Å². The Balaban J connectivity index is 2.02. The van der Waals surface area contributed by atoms with Crippen molar-refractivity contribution in [1.29, 1.82) is 0 Å². The lowest BCUT2D eigenvalue weighted by molar-refractivity contribution is -0.122. The van der Waals surface area contributed by atoms with Crippen LogP contribution in [0.25, 0.3) is 0 Å². The lowest BCUT2D eigenvalue weighted by Gasteiger charge is -2.16. The molecule has 1 atom stereocenters. The number of benzene rings is 2. The molecule has 1 amide bonds. The molecule has 0 saturated heterocycles. The number of carbonyl (C=O) groups excluding carboxylic acids is 1. The van der Waals surface area contributed by atoms with Gasteiger partial charge in [-0.3, -0.25) is 4.79 Å². The van der Waals surface area contributed by atoms with Crippen molar-refractivity contribution in [3.8, 4) is 11.5 Å². The van der Waals surface area contributed by atoms with E-state index in [2.05, 4.69) is 37.2 Å². The van der Waals surface area contributed by atoms with E-state index in [9.17, 15) is 4.79 Å². The van der Waals surface area contributed by atoms with Crippen molar-refractivity contribution in [1.82, 2.24) is 0 Å². The number of rotatable bonds is 5. The van der Waals surface area contributed by atoms with E-state index in [0.29, 0.717) is 17.2 Å². The molecule has 0 aliphatic heterocycles. The van der Waals surface area contributed by atoms with Crippen molar-refractivity contribution >= 4 is 43.5 Å². The van der Waals surface area contributed by atoms with Crippen molar-refractivity contribution in [2.75, 3.05) is 12.4 Å². The number of hydrogen-bond donors (Lipinski definition) is 1. The first kappa shape index (κ1) is 16.8. The van der Waals surface area contributed by atoms with Gasteiger partial charge in [-0.05, 0) is 53.2 Å². The second-order valence-corrected chi connectivity index (χ2v) is 6.33. The summed E-state index contributed by atoms with van der Waals surface area (Å²) in [6.07, 6.45) is -0.635. The Kier molecular flexibility index (Phi) is 5.85. The summed E-state index contributed by atoms with van der Waals surface area (Å²) >= 11 is 6.78. The highest BCUT2D eigenvalue weighted by Crippen LogP contribution is 2.29. The zero-order chi connectivity index (χ0) is 16.1. The molecule has 6 heteroatoms. The highest BCUT2D eigenvalue weighted by Gasteiger charge is 2.16. The van der Waals surface area contributed by atoms with Gasteiger partial charge in [0, 0.05) is 16.2 Å². The van der Waals surface area contributed by atoms with E-state index in [0.717, 1.165) is 8.95 Å². The fourth-order valence-electron chi connectivity index (χ4n) is 1.76. The number of hydrogen-bond acceptors (Lipinski definition) is 3. The number of methoxy groups -OCH3 is 1. The second-order valence-electron chi connectivity index (χ2n) is 4.56. The molecule has 0 heterocycles. The molecule has 1 N–H and O–H groups in total. The molecule has 22 heavy (non-hydrogen) atoms. The molecule has 0 saturated carbocycles. The molecule has 2 aromatic rings. The zero-order valence-electron chi connectivity index (χ0n) is 12.1. The Bertz CT molecular complexity index is 676. The number of amides is 1. The minimum Gasteiger partial charge on any atom is -0.497 e. The fraction of sp³-hybridized carbons (Fsp3) is 0.188. The smallest absolute Gasteiger partial charge is 0.265 e. The maximum absolute atomic E-state index is 12.2. The van der Waals surface area contributed by atoms with Crippen LogP contribution in [-0.4, -0.2) is 19.1 Å². The second kappa shape index (κ2) is 7.65. The van der Waals surface area contributed by atoms with Crippen molar-refractivity contribution in [2.24, 2.45) is 0 Å². The predicted molar refractivity (Wildman–Crippen MR) is 93.6 cm³/mol. The van der Waals surface area contributed by atoms with Gasteiger partial charge in [0.25, 0.3) is 5.91 Å². The Hall–Kier alpha value is -1.53. The van der Waals surface area contributed by atoms with Crippen molar-refractivity contribution in [3.05, 3.63) is 51.4 Å². The molecule has 0 aliphatic rings. The highest BCUT2D eigenvalue weighted by atomic mass is 79.9. The quantitative estimate of drug-likeness (QED) is 0.755. The van der Waals surface area contributed by atoms with Crippen LogP contribution in [0.5, 0.6) is 11.5 Å². The van der Waals surface area contributed by atoms with Crippen LogP contribution in [-0.2, 0) is 4.79 Å². The standard InChI is InChI=1S/C16H15Br2NO3/c1-10(22-15-7-6-11(17)8-14(15)18)16(20)19-12-4-3-5-13(9-12)21-2/h3-10H,1-2H3,(H,19,20)/t10-/m0/s1. The lowest BCUT2D eigenvalue weighted by atomic mass is 10.2. The third kappa shape index (κ3) is 4.48. The molecule has 116 valence electrons. The van der Waals surface area contributed by atoms with Gasteiger partial charge >= 0.3 is 0 Å².